The average molecular weight is 298 g/mol. The van der Waals surface area contributed by atoms with E-state index >= 15 is 0 Å². The predicted octanol–water partition coefficient (Wildman–Crippen LogP) is 2.96. The Hall–Kier alpha value is -1.26. The number of hydrogen-bond donors (Lipinski definition) is 2. The Balaban J connectivity index is 2.22. The molecule has 0 aliphatic carbocycles. The summed E-state index contributed by atoms with van der Waals surface area (Å²) in [5, 5.41) is 11.7. The van der Waals surface area contributed by atoms with Gasteiger partial charge in [-0.3, -0.25) is 4.79 Å². The average Bonchev–Trinajstić information content (AvgIpc) is 2.92. The van der Waals surface area contributed by atoms with Crippen LogP contribution in [0.2, 0.25) is 0 Å². The third-order valence-electron chi connectivity index (χ3n) is 4.63. The summed E-state index contributed by atoms with van der Waals surface area (Å²) in [5.41, 5.74) is 0. The Morgan fingerprint density at radius 2 is 2.05 bits per heavy atom. The van der Waals surface area contributed by atoms with Crippen LogP contribution in [0.3, 0.4) is 0 Å². The highest BCUT2D eigenvalue weighted by Gasteiger charge is 2.27. The highest BCUT2D eigenvalue weighted by atomic mass is 16.4. The standard InChI is InChI=1S/C16H30N2O3/c1-4-13(5-6-15(19)20)7-9-17-16(21)18-10-8-14(11-18)12(2)3/h12-14H,4-11H2,1-3H3,(H,17,21)(H,19,20). The summed E-state index contributed by atoms with van der Waals surface area (Å²) in [6, 6.07) is 0.0336. The summed E-state index contributed by atoms with van der Waals surface area (Å²) in [6.07, 6.45) is 3.83. The van der Waals surface area contributed by atoms with Crippen LogP contribution in [0.1, 0.15) is 52.9 Å². The van der Waals surface area contributed by atoms with Crippen LogP contribution in [0.15, 0.2) is 0 Å². The minimum absolute atomic E-state index is 0.0336. The van der Waals surface area contributed by atoms with E-state index in [0.29, 0.717) is 30.7 Å². The number of carbonyl (C=O) groups is 2. The first-order chi connectivity index (χ1) is 9.93. The van der Waals surface area contributed by atoms with Crippen molar-refractivity contribution in [1.82, 2.24) is 10.2 Å². The fraction of sp³-hybridized carbons (Fsp3) is 0.875. The third kappa shape index (κ3) is 6.36. The normalized spacial score (nSPS) is 19.8. The molecule has 2 amide bonds. The minimum Gasteiger partial charge on any atom is -0.481 e. The van der Waals surface area contributed by atoms with E-state index in [-0.39, 0.29) is 12.5 Å². The van der Waals surface area contributed by atoms with E-state index in [9.17, 15) is 9.59 Å². The first-order valence-corrected chi connectivity index (χ1v) is 8.18. The lowest BCUT2D eigenvalue weighted by Gasteiger charge is -2.20. The van der Waals surface area contributed by atoms with Crippen LogP contribution in [0.25, 0.3) is 0 Å². The smallest absolute Gasteiger partial charge is 0.317 e. The van der Waals surface area contributed by atoms with Gasteiger partial charge in [-0.15, -0.1) is 0 Å². The summed E-state index contributed by atoms with van der Waals surface area (Å²) in [5.74, 6) is 0.885. The Morgan fingerprint density at radius 3 is 2.57 bits per heavy atom. The maximum atomic E-state index is 12.1. The Labute approximate surface area is 128 Å². The van der Waals surface area contributed by atoms with Gasteiger partial charge in [0, 0.05) is 26.1 Å². The number of nitrogens with zero attached hydrogens (tertiary/aromatic N) is 1. The van der Waals surface area contributed by atoms with E-state index in [1.54, 1.807) is 0 Å². The van der Waals surface area contributed by atoms with Gasteiger partial charge in [-0.1, -0.05) is 27.2 Å². The van der Waals surface area contributed by atoms with Crippen LogP contribution in [0.5, 0.6) is 0 Å². The zero-order chi connectivity index (χ0) is 15.8. The van der Waals surface area contributed by atoms with E-state index < -0.39 is 5.97 Å². The molecule has 0 spiro atoms. The number of amides is 2. The minimum atomic E-state index is -0.741. The van der Waals surface area contributed by atoms with Crippen LogP contribution in [-0.4, -0.2) is 41.6 Å². The molecule has 1 heterocycles. The van der Waals surface area contributed by atoms with Gasteiger partial charge in [0.15, 0.2) is 0 Å². The van der Waals surface area contributed by atoms with Crippen molar-refractivity contribution in [2.24, 2.45) is 17.8 Å². The zero-order valence-electron chi connectivity index (χ0n) is 13.6. The van der Waals surface area contributed by atoms with E-state index in [4.69, 9.17) is 5.11 Å². The van der Waals surface area contributed by atoms with Crippen molar-refractivity contribution < 1.29 is 14.7 Å². The highest BCUT2D eigenvalue weighted by Crippen LogP contribution is 2.23. The van der Waals surface area contributed by atoms with Crippen LogP contribution < -0.4 is 5.32 Å². The molecule has 1 rings (SSSR count). The van der Waals surface area contributed by atoms with Crippen LogP contribution in [0.4, 0.5) is 4.79 Å². The molecule has 21 heavy (non-hydrogen) atoms. The number of nitrogens with one attached hydrogen (secondary N) is 1. The Morgan fingerprint density at radius 1 is 1.33 bits per heavy atom. The molecule has 5 nitrogen and oxygen atoms in total. The van der Waals surface area contributed by atoms with Crippen LogP contribution >= 0.6 is 0 Å². The quantitative estimate of drug-likeness (QED) is 0.724. The largest absolute Gasteiger partial charge is 0.481 e. The van der Waals surface area contributed by atoms with Gasteiger partial charge in [0.05, 0.1) is 0 Å². The number of carboxylic acid groups (broad SMARTS) is 1. The maximum Gasteiger partial charge on any atom is 0.317 e. The van der Waals surface area contributed by atoms with Gasteiger partial charge in [-0.05, 0) is 37.0 Å². The Kier molecular flexibility index (Phi) is 7.54. The molecule has 0 aromatic heterocycles. The second kappa shape index (κ2) is 8.90. The number of rotatable bonds is 8. The van der Waals surface area contributed by atoms with Gasteiger partial charge in [0.1, 0.15) is 0 Å². The molecule has 0 aromatic carbocycles. The van der Waals surface area contributed by atoms with Gasteiger partial charge in [0.25, 0.3) is 0 Å². The monoisotopic (exact) mass is 298 g/mol. The molecule has 0 saturated carbocycles. The maximum absolute atomic E-state index is 12.1. The summed E-state index contributed by atoms with van der Waals surface area (Å²) >= 11 is 0. The number of hydrogen-bond acceptors (Lipinski definition) is 2. The Bertz CT molecular complexity index is 344. The fourth-order valence-corrected chi connectivity index (χ4v) is 2.89. The highest BCUT2D eigenvalue weighted by molar-refractivity contribution is 5.74. The number of likely N-dealkylation sites (tertiary alicyclic amines) is 1. The van der Waals surface area contributed by atoms with Gasteiger partial charge in [-0.2, -0.15) is 0 Å². The summed E-state index contributed by atoms with van der Waals surface area (Å²) in [7, 11) is 0. The summed E-state index contributed by atoms with van der Waals surface area (Å²) in [4.78, 5) is 24.6. The first kappa shape index (κ1) is 17.8. The molecule has 5 heteroatoms. The zero-order valence-corrected chi connectivity index (χ0v) is 13.6. The summed E-state index contributed by atoms with van der Waals surface area (Å²) in [6.45, 7) is 8.84. The number of carbonyl (C=O) groups excluding carboxylic acids is 1. The van der Waals surface area contributed by atoms with Gasteiger partial charge in [-0.25, -0.2) is 4.79 Å². The molecule has 1 aliphatic rings. The topological polar surface area (TPSA) is 69.6 Å². The van der Waals surface area contributed by atoms with Crippen LogP contribution in [0, 0.1) is 17.8 Å². The second-order valence-electron chi connectivity index (χ2n) is 6.47. The molecule has 0 radical (unpaired) electrons. The van der Waals surface area contributed by atoms with Crippen molar-refractivity contribution in [3.8, 4) is 0 Å². The SMILES string of the molecule is CCC(CCNC(=O)N1CCC(C(C)C)C1)CCC(=O)O. The number of carboxylic acids is 1. The molecule has 2 unspecified atom stereocenters. The first-order valence-electron chi connectivity index (χ1n) is 8.18. The number of aliphatic carboxylic acids is 1. The van der Waals surface area contributed by atoms with Crippen molar-refractivity contribution in [1.29, 1.82) is 0 Å². The van der Waals surface area contributed by atoms with Crippen molar-refractivity contribution in [2.45, 2.75) is 52.9 Å². The molecule has 122 valence electrons. The van der Waals surface area contributed by atoms with E-state index in [1.165, 1.54) is 0 Å². The van der Waals surface area contributed by atoms with E-state index in [0.717, 1.165) is 32.4 Å². The summed E-state index contributed by atoms with van der Waals surface area (Å²) < 4.78 is 0. The molecule has 0 bridgehead atoms. The van der Waals surface area contributed by atoms with Gasteiger partial charge in [0.2, 0.25) is 0 Å². The number of urea groups is 1. The molecule has 1 saturated heterocycles. The lowest BCUT2D eigenvalue weighted by atomic mass is 9.95. The van der Waals surface area contributed by atoms with Crippen molar-refractivity contribution >= 4 is 12.0 Å². The molecular formula is C16H30N2O3. The second-order valence-corrected chi connectivity index (χ2v) is 6.47. The lowest BCUT2D eigenvalue weighted by Crippen LogP contribution is -2.39. The predicted molar refractivity (Wildman–Crippen MR) is 83.2 cm³/mol. The van der Waals surface area contributed by atoms with Crippen molar-refractivity contribution in [3.05, 3.63) is 0 Å². The molecular weight excluding hydrogens is 268 g/mol. The van der Waals surface area contributed by atoms with Crippen LogP contribution in [-0.2, 0) is 4.79 Å². The lowest BCUT2D eigenvalue weighted by molar-refractivity contribution is -0.137. The van der Waals surface area contributed by atoms with Crippen molar-refractivity contribution in [2.75, 3.05) is 19.6 Å². The van der Waals surface area contributed by atoms with Crippen molar-refractivity contribution in [3.63, 3.8) is 0 Å². The van der Waals surface area contributed by atoms with Gasteiger partial charge >= 0.3 is 12.0 Å². The van der Waals surface area contributed by atoms with E-state index in [1.807, 2.05) is 4.90 Å². The molecule has 0 aromatic rings. The molecule has 2 N–H and O–H groups in total. The molecule has 2 atom stereocenters. The fourth-order valence-electron chi connectivity index (χ4n) is 2.89. The van der Waals surface area contributed by atoms with Gasteiger partial charge < -0.3 is 15.3 Å². The molecule has 1 aliphatic heterocycles. The van der Waals surface area contributed by atoms with E-state index in [2.05, 4.69) is 26.1 Å². The molecule has 1 fully saturated rings. The third-order valence-corrected chi connectivity index (χ3v) is 4.63.